The third kappa shape index (κ3) is 4.19. The monoisotopic (exact) mass is 298 g/mol. The fourth-order valence-electron chi connectivity index (χ4n) is 1.60. The lowest BCUT2D eigenvalue weighted by Crippen LogP contribution is -2.21. The Morgan fingerprint density at radius 2 is 2.11 bits per heavy atom. The van der Waals surface area contributed by atoms with E-state index in [0.717, 1.165) is 11.4 Å². The molecule has 0 amide bonds. The molecular weight excluding hydrogens is 284 g/mol. The summed E-state index contributed by atoms with van der Waals surface area (Å²) in [6.45, 7) is 1.98. The fourth-order valence-corrected chi connectivity index (χ4v) is 2.70. The third-order valence-corrected chi connectivity index (χ3v) is 3.53. The molecule has 6 nitrogen and oxygen atoms in total. The molecule has 2 rings (SSSR count). The molecule has 0 fully saturated rings. The molecule has 1 unspecified atom stereocenters. The molecule has 0 aliphatic carbocycles. The van der Waals surface area contributed by atoms with Gasteiger partial charge in [0, 0.05) is 11.1 Å². The summed E-state index contributed by atoms with van der Waals surface area (Å²) < 4.78 is 24.1. The predicted octanol–water partition coefficient (Wildman–Crippen LogP) is 1.93. The van der Waals surface area contributed by atoms with Crippen LogP contribution in [0.5, 0.6) is 0 Å². The topological polar surface area (TPSA) is 97.1 Å². The maximum atomic E-state index is 11.0. The van der Waals surface area contributed by atoms with Gasteiger partial charge in [-0.05, 0) is 25.1 Å². The number of nitrogens with zero attached hydrogens (tertiary/aromatic N) is 1. The molecule has 19 heavy (non-hydrogen) atoms. The number of hydrogen-bond acceptors (Lipinski definition) is 5. The summed E-state index contributed by atoms with van der Waals surface area (Å²) in [5.41, 5.74) is 3.91. The lowest BCUT2D eigenvalue weighted by atomic mass is 10.2. The Balaban J connectivity index is 2.11. The van der Waals surface area contributed by atoms with E-state index in [4.69, 9.17) is 5.14 Å². The van der Waals surface area contributed by atoms with Crippen LogP contribution in [0.15, 0.2) is 35.2 Å². The van der Waals surface area contributed by atoms with E-state index in [-0.39, 0.29) is 6.04 Å². The van der Waals surface area contributed by atoms with E-state index in [9.17, 15) is 8.42 Å². The molecule has 1 aromatic carbocycles. The Hall–Kier alpha value is -1.64. The first-order valence-corrected chi connectivity index (χ1v) is 7.98. The lowest BCUT2D eigenvalue weighted by Gasteiger charge is -2.14. The normalized spacial score (nSPS) is 12.9. The second-order valence-electron chi connectivity index (χ2n) is 4.01. The Morgan fingerprint density at radius 3 is 2.74 bits per heavy atom. The van der Waals surface area contributed by atoms with Gasteiger partial charge in [0.15, 0.2) is 0 Å². The van der Waals surface area contributed by atoms with E-state index in [0.29, 0.717) is 5.69 Å². The molecule has 4 N–H and O–H groups in total. The van der Waals surface area contributed by atoms with Crippen molar-refractivity contribution in [1.82, 2.24) is 4.98 Å². The minimum absolute atomic E-state index is 0.0379. The SMILES string of the molecule is CC(Nc1cccc(NS(N)(=O)=O)c1)c1cscn1. The van der Waals surface area contributed by atoms with Gasteiger partial charge < -0.3 is 5.32 Å². The number of nitrogens with two attached hydrogens (primary N) is 1. The van der Waals surface area contributed by atoms with Gasteiger partial charge in [-0.15, -0.1) is 11.3 Å². The van der Waals surface area contributed by atoms with Crippen LogP contribution in [0.25, 0.3) is 0 Å². The molecule has 0 radical (unpaired) electrons. The van der Waals surface area contributed by atoms with Crippen molar-refractivity contribution in [3.05, 3.63) is 40.8 Å². The molecule has 0 bridgehead atoms. The van der Waals surface area contributed by atoms with Gasteiger partial charge in [-0.1, -0.05) is 6.07 Å². The Labute approximate surface area is 115 Å². The summed E-state index contributed by atoms with van der Waals surface area (Å²) in [6, 6.07) is 6.92. The van der Waals surface area contributed by atoms with Gasteiger partial charge in [0.05, 0.1) is 22.9 Å². The molecule has 8 heteroatoms. The summed E-state index contributed by atoms with van der Waals surface area (Å²) >= 11 is 1.53. The molecule has 0 aliphatic rings. The predicted molar refractivity (Wildman–Crippen MR) is 77.3 cm³/mol. The maximum absolute atomic E-state index is 11.0. The molecule has 102 valence electrons. The minimum Gasteiger partial charge on any atom is -0.377 e. The van der Waals surface area contributed by atoms with Crippen LogP contribution in [-0.2, 0) is 10.2 Å². The van der Waals surface area contributed by atoms with Crippen molar-refractivity contribution in [3.63, 3.8) is 0 Å². The van der Waals surface area contributed by atoms with Gasteiger partial charge in [0.25, 0.3) is 10.2 Å². The van der Waals surface area contributed by atoms with Crippen molar-refractivity contribution in [2.24, 2.45) is 5.14 Å². The van der Waals surface area contributed by atoms with E-state index < -0.39 is 10.2 Å². The number of aromatic nitrogens is 1. The van der Waals surface area contributed by atoms with Gasteiger partial charge in [-0.2, -0.15) is 8.42 Å². The molecular formula is C11H14N4O2S2. The van der Waals surface area contributed by atoms with E-state index in [2.05, 4.69) is 15.0 Å². The average molecular weight is 298 g/mol. The van der Waals surface area contributed by atoms with Crippen LogP contribution in [0.2, 0.25) is 0 Å². The molecule has 1 atom stereocenters. The summed E-state index contributed by atoms with van der Waals surface area (Å²) in [4.78, 5) is 4.22. The summed E-state index contributed by atoms with van der Waals surface area (Å²) in [5.74, 6) is 0. The molecule has 1 heterocycles. The Bertz CT molecular complexity index is 640. The second kappa shape index (κ2) is 5.55. The first-order valence-electron chi connectivity index (χ1n) is 5.49. The van der Waals surface area contributed by atoms with E-state index in [1.54, 1.807) is 23.7 Å². The zero-order chi connectivity index (χ0) is 13.9. The largest absolute Gasteiger partial charge is 0.377 e. The average Bonchev–Trinajstić information content (AvgIpc) is 2.80. The lowest BCUT2D eigenvalue weighted by molar-refractivity contribution is 0.603. The van der Waals surface area contributed by atoms with Gasteiger partial charge in [0.1, 0.15) is 0 Å². The quantitative estimate of drug-likeness (QED) is 0.785. The first-order chi connectivity index (χ1) is 8.94. The number of rotatable bonds is 5. The second-order valence-corrected chi connectivity index (χ2v) is 6.02. The minimum atomic E-state index is -3.75. The summed E-state index contributed by atoms with van der Waals surface area (Å²) in [5, 5.41) is 10.1. The third-order valence-electron chi connectivity index (χ3n) is 2.40. The van der Waals surface area contributed by atoms with Gasteiger partial charge in [-0.3, -0.25) is 4.72 Å². The molecule has 1 aromatic heterocycles. The van der Waals surface area contributed by atoms with Crippen molar-refractivity contribution >= 4 is 32.9 Å². The number of nitrogens with one attached hydrogen (secondary N) is 2. The number of benzene rings is 1. The highest BCUT2D eigenvalue weighted by atomic mass is 32.2. The standard InChI is InChI=1S/C11H14N4O2S2/c1-8(11-6-18-7-13-11)14-9-3-2-4-10(5-9)15-19(12,16)17/h2-8,14-15H,1H3,(H2,12,16,17). The zero-order valence-electron chi connectivity index (χ0n) is 10.2. The van der Waals surface area contributed by atoms with Crippen LogP contribution in [0.3, 0.4) is 0 Å². The van der Waals surface area contributed by atoms with Crippen LogP contribution in [-0.4, -0.2) is 13.4 Å². The number of thiazole rings is 1. The molecule has 2 aromatic rings. The van der Waals surface area contributed by atoms with Crippen LogP contribution in [0, 0.1) is 0 Å². The highest BCUT2D eigenvalue weighted by Crippen LogP contribution is 2.21. The van der Waals surface area contributed by atoms with Crippen molar-refractivity contribution in [2.75, 3.05) is 10.0 Å². The number of anilines is 2. The molecule has 0 saturated heterocycles. The van der Waals surface area contributed by atoms with Gasteiger partial charge >= 0.3 is 0 Å². The van der Waals surface area contributed by atoms with E-state index >= 15 is 0 Å². The summed E-state index contributed by atoms with van der Waals surface area (Å²) in [7, 11) is -3.75. The van der Waals surface area contributed by atoms with Crippen LogP contribution in [0.1, 0.15) is 18.7 Å². The van der Waals surface area contributed by atoms with E-state index in [1.165, 1.54) is 11.3 Å². The van der Waals surface area contributed by atoms with Crippen molar-refractivity contribution in [2.45, 2.75) is 13.0 Å². The number of hydrogen-bond donors (Lipinski definition) is 3. The fraction of sp³-hybridized carbons (Fsp3) is 0.182. The van der Waals surface area contributed by atoms with Crippen LogP contribution < -0.4 is 15.2 Å². The van der Waals surface area contributed by atoms with Crippen molar-refractivity contribution in [3.8, 4) is 0 Å². The Morgan fingerprint density at radius 1 is 1.37 bits per heavy atom. The summed E-state index contributed by atoms with van der Waals surface area (Å²) in [6.07, 6.45) is 0. The van der Waals surface area contributed by atoms with Crippen molar-refractivity contribution < 1.29 is 8.42 Å². The molecule has 0 aliphatic heterocycles. The molecule has 0 spiro atoms. The highest BCUT2D eigenvalue weighted by Gasteiger charge is 2.08. The highest BCUT2D eigenvalue weighted by molar-refractivity contribution is 7.90. The van der Waals surface area contributed by atoms with Crippen LogP contribution in [0.4, 0.5) is 11.4 Å². The van der Waals surface area contributed by atoms with Crippen LogP contribution >= 0.6 is 11.3 Å². The zero-order valence-corrected chi connectivity index (χ0v) is 11.8. The molecule has 0 saturated carbocycles. The van der Waals surface area contributed by atoms with Gasteiger partial charge in [-0.25, -0.2) is 10.1 Å². The smallest absolute Gasteiger partial charge is 0.296 e. The van der Waals surface area contributed by atoms with Gasteiger partial charge in [0.2, 0.25) is 0 Å². The van der Waals surface area contributed by atoms with E-state index in [1.807, 2.05) is 18.4 Å². The Kier molecular flexibility index (Phi) is 4.03. The van der Waals surface area contributed by atoms with Crippen molar-refractivity contribution in [1.29, 1.82) is 0 Å². The maximum Gasteiger partial charge on any atom is 0.296 e. The first kappa shape index (κ1) is 13.8.